The number of carbonyl (C=O) groups is 1. The molecule has 0 saturated carbocycles. The fraction of sp³-hybridized carbons (Fsp3) is 0.533. The third-order valence-electron chi connectivity index (χ3n) is 3.18. The highest BCUT2D eigenvalue weighted by Gasteiger charge is 2.24. The number of hydrogen-bond donors (Lipinski definition) is 1. The van der Waals surface area contributed by atoms with E-state index in [4.69, 9.17) is 10.5 Å². The van der Waals surface area contributed by atoms with Gasteiger partial charge >= 0.3 is 0 Å². The van der Waals surface area contributed by atoms with Crippen LogP contribution in [0.4, 0.5) is 0 Å². The first kappa shape index (κ1) is 13.9. The number of rotatable bonds is 4. The van der Waals surface area contributed by atoms with Crippen molar-refractivity contribution < 1.29 is 9.53 Å². The number of amides is 1. The molecule has 19 heavy (non-hydrogen) atoms. The first-order valence-electron chi connectivity index (χ1n) is 6.84. The highest BCUT2D eigenvalue weighted by Crippen LogP contribution is 2.18. The van der Waals surface area contributed by atoms with E-state index in [0.717, 1.165) is 18.7 Å². The van der Waals surface area contributed by atoms with Crippen LogP contribution in [0.1, 0.15) is 30.6 Å². The van der Waals surface area contributed by atoms with Crippen LogP contribution < -0.4 is 10.5 Å². The fourth-order valence-electron chi connectivity index (χ4n) is 2.14. The van der Waals surface area contributed by atoms with Gasteiger partial charge in [0.15, 0.2) is 0 Å². The van der Waals surface area contributed by atoms with Gasteiger partial charge in [-0.25, -0.2) is 0 Å². The van der Waals surface area contributed by atoms with Crippen molar-refractivity contribution >= 4 is 5.91 Å². The number of carbonyl (C=O) groups excluding carboxylic acids is 1. The molecule has 2 N–H and O–H groups in total. The van der Waals surface area contributed by atoms with Gasteiger partial charge in [-0.2, -0.15) is 0 Å². The number of nitrogens with two attached hydrogens (primary N) is 1. The van der Waals surface area contributed by atoms with Crippen molar-refractivity contribution in [2.75, 3.05) is 19.7 Å². The molecule has 0 aliphatic carbocycles. The van der Waals surface area contributed by atoms with Gasteiger partial charge in [-0.15, -0.1) is 0 Å². The second kappa shape index (κ2) is 6.06. The SMILES string of the molecule is CC(C)COc1cccc(C(=O)N2CC[C@@H](N)C2)c1. The van der Waals surface area contributed by atoms with Gasteiger partial charge < -0.3 is 15.4 Å². The minimum absolute atomic E-state index is 0.0444. The molecular formula is C15H22N2O2. The molecule has 1 aromatic carbocycles. The Balaban J connectivity index is 2.03. The Morgan fingerprint density at radius 1 is 1.53 bits per heavy atom. The van der Waals surface area contributed by atoms with Crippen molar-refractivity contribution in [1.82, 2.24) is 4.90 Å². The molecule has 0 unspecified atom stereocenters. The Hall–Kier alpha value is -1.55. The largest absolute Gasteiger partial charge is 0.493 e. The molecule has 4 heteroatoms. The molecule has 1 saturated heterocycles. The zero-order valence-electron chi connectivity index (χ0n) is 11.6. The standard InChI is InChI=1S/C15H22N2O2/c1-11(2)10-19-14-5-3-4-12(8-14)15(18)17-7-6-13(16)9-17/h3-5,8,11,13H,6-7,9-10,16H2,1-2H3/t13-/m1/s1. The summed E-state index contributed by atoms with van der Waals surface area (Å²) in [6.07, 6.45) is 0.884. The normalized spacial score (nSPS) is 18.9. The maximum atomic E-state index is 12.3. The predicted molar refractivity (Wildman–Crippen MR) is 75.3 cm³/mol. The van der Waals surface area contributed by atoms with E-state index in [-0.39, 0.29) is 11.9 Å². The summed E-state index contributed by atoms with van der Waals surface area (Å²) in [6, 6.07) is 7.50. The number of nitrogens with zero attached hydrogens (tertiary/aromatic N) is 1. The molecule has 2 rings (SSSR count). The molecule has 1 fully saturated rings. The minimum Gasteiger partial charge on any atom is -0.493 e. The van der Waals surface area contributed by atoms with E-state index >= 15 is 0 Å². The van der Waals surface area contributed by atoms with E-state index in [2.05, 4.69) is 13.8 Å². The summed E-state index contributed by atoms with van der Waals surface area (Å²) in [5, 5.41) is 0. The van der Waals surface area contributed by atoms with E-state index in [1.165, 1.54) is 0 Å². The van der Waals surface area contributed by atoms with Gasteiger partial charge in [0.2, 0.25) is 0 Å². The summed E-state index contributed by atoms with van der Waals surface area (Å²) in [7, 11) is 0. The van der Waals surface area contributed by atoms with Gasteiger partial charge in [0.1, 0.15) is 5.75 Å². The lowest BCUT2D eigenvalue weighted by Gasteiger charge is -2.16. The Labute approximate surface area is 114 Å². The van der Waals surface area contributed by atoms with Gasteiger partial charge in [-0.05, 0) is 30.5 Å². The summed E-state index contributed by atoms with van der Waals surface area (Å²) in [6.45, 7) is 6.25. The monoisotopic (exact) mass is 262 g/mol. The van der Waals surface area contributed by atoms with Crippen LogP contribution in [0.5, 0.6) is 5.75 Å². The third-order valence-corrected chi connectivity index (χ3v) is 3.18. The maximum absolute atomic E-state index is 12.3. The summed E-state index contributed by atoms with van der Waals surface area (Å²) in [4.78, 5) is 14.1. The zero-order valence-corrected chi connectivity index (χ0v) is 11.6. The van der Waals surface area contributed by atoms with Crippen LogP contribution in [0, 0.1) is 5.92 Å². The highest BCUT2D eigenvalue weighted by molar-refractivity contribution is 5.94. The quantitative estimate of drug-likeness (QED) is 0.901. The lowest BCUT2D eigenvalue weighted by molar-refractivity contribution is 0.0790. The van der Waals surface area contributed by atoms with E-state index in [0.29, 0.717) is 24.6 Å². The summed E-state index contributed by atoms with van der Waals surface area (Å²) in [5.41, 5.74) is 6.51. The van der Waals surface area contributed by atoms with Gasteiger partial charge in [-0.1, -0.05) is 19.9 Å². The van der Waals surface area contributed by atoms with Crippen LogP contribution >= 0.6 is 0 Å². The lowest BCUT2D eigenvalue weighted by atomic mass is 10.2. The van der Waals surface area contributed by atoms with E-state index < -0.39 is 0 Å². The van der Waals surface area contributed by atoms with Gasteiger partial charge in [-0.3, -0.25) is 4.79 Å². The molecule has 1 amide bonds. The Kier molecular flexibility index (Phi) is 4.43. The number of ether oxygens (including phenoxy) is 1. The Morgan fingerprint density at radius 2 is 2.32 bits per heavy atom. The molecule has 104 valence electrons. The van der Waals surface area contributed by atoms with Crippen LogP contribution in [-0.2, 0) is 0 Å². The van der Waals surface area contributed by atoms with Crippen molar-refractivity contribution in [3.05, 3.63) is 29.8 Å². The number of benzene rings is 1. The second-order valence-electron chi connectivity index (χ2n) is 5.53. The smallest absolute Gasteiger partial charge is 0.254 e. The van der Waals surface area contributed by atoms with E-state index in [1.54, 1.807) is 0 Å². The Bertz CT molecular complexity index is 446. The molecule has 1 heterocycles. The summed E-state index contributed by atoms with van der Waals surface area (Å²) >= 11 is 0. The van der Waals surface area contributed by atoms with Crippen LogP contribution in [0.25, 0.3) is 0 Å². The van der Waals surface area contributed by atoms with Crippen molar-refractivity contribution in [1.29, 1.82) is 0 Å². The molecule has 0 aromatic heterocycles. The maximum Gasteiger partial charge on any atom is 0.254 e. The zero-order chi connectivity index (χ0) is 13.8. The van der Waals surface area contributed by atoms with Crippen LogP contribution in [0.15, 0.2) is 24.3 Å². The lowest BCUT2D eigenvalue weighted by Crippen LogP contribution is -2.31. The van der Waals surface area contributed by atoms with E-state index in [9.17, 15) is 4.79 Å². The van der Waals surface area contributed by atoms with Crippen LogP contribution in [-0.4, -0.2) is 36.5 Å². The third kappa shape index (κ3) is 3.70. The predicted octanol–water partition coefficient (Wildman–Crippen LogP) is 1.89. The van der Waals surface area contributed by atoms with E-state index in [1.807, 2.05) is 29.2 Å². The summed E-state index contributed by atoms with van der Waals surface area (Å²) < 4.78 is 5.65. The molecule has 4 nitrogen and oxygen atoms in total. The van der Waals surface area contributed by atoms with Gasteiger partial charge in [0, 0.05) is 24.7 Å². The van der Waals surface area contributed by atoms with Crippen molar-refractivity contribution in [3.63, 3.8) is 0 Å². The Morgan fingerprint density at radius 3 is 2.95 bits per heavy atom. The second-order valence-corrected chi connectivity index (χ2v) is 5.53. The molecule has 0 bridgehead atoms. The first-order valence-corrected chi connectivity index (χ1v) is 6.84. The van der Waals surface area contributed by atoms with Crippen molar-refractivity contribution in [2.24, 2.45) is 11.7 Å². The molecule has 1 aliphatic rings. The molecule has 1 atom stereocenters. The number of likely N-dealkylation sites (tertiary alicyclic amines) is 1. The highest BCUT2D eigenvalue weighted by atomic mass is 16.5. The van der Waals surface area contributed by atoms with Gasteiger partial charge in [0.05, 0.1) is 6.61 Å². The fourth-order valence-corrected chi connectivity index (χ4v) is 2.14. The average molecular weight is 262 g/mol. The van der Waals surface area contributed by atoms with Crippen LogP contribution in [0.2, 0.25) is 0 Å². The first-order chi connectivity index (χ1) is 9.06. The average Bonchev–Trinajstić information content (AvgIpc) is 2.82. The van der Waals surface area contributed by atoms with Gasteiger partial charge in [0.25, 0.3) is 5.91 Å². The van der Waals surface area contributed by atoms with Crippen molar-refractivity contribution in [2.45, 2.75) is 26.3 Å². The number of hydrogen-bond acceptors (Lipinski definition) is 3. The topological polar surface area (TPSA) is 55.6 Å². The molecular weight excluding hydrogens is 240 g/mol. The van der Waals surface area contributed by atoms with Crippen LogP contribution in [0.3, 0.4) is 0 Å². The molecule has 0 spiro atoms. The molecule has 0 radical (unpaired) electrons. The minimum atomic E-state index is 0.0444. The van der Waals surface area contributed by atoms with Crippen molar-refractivity contribution in [3.8, 4) is 5.75 Å². The molecule has 1 aliphatic heterocycles. The molecule has 1 aromatic rings. The summed E-state index contributed by atoms with van der Waals surface area (Å²) in [5.74, 6) is 1.27.